The number of aromatic nitrogens is 2. The minimum atomic E-state index is -1.05. The highest BCUT2D eigenvalue weighted by molar-refractivity contribution is 5.86. The third kappa shape index (κ3) is 1.31. The van der Waals surface area contributed by atoms with E-state index in [9.17, 15) is 4.79 Å². The van der Waals surface area contributed by atoms with E-state index in [0.29, 0.717) is 12.4 Å². The van der Waals surface area contributed by atoms with Gasteiger partial charge in [-0.3, -0.25) is 0 Å². The molecule has 60 valence electrons. The Hall–Kier alpha value is -1.52. The van der Waals surface area contributed by atoms with Gasteiger partial charge in [0.1, 0.15) is 5.82 Å². The molecule has 1 heterocycles. The summed E-state index contributed by atoms with van der Waals surface area (Å²) in [6, 6.07) is 1.34. The van der Waals surface area contributed by atoms with E-state index in [-0.39, 0.29) is 5.69 Å². The van der Waals surface area contributed by atoms with Crippen molar-refractivity contribution in [2.45, 2.75) is 13.5 Å². The van der Waals surface area contributed by atoms with Crippen molar-refractivity contribution >= 4 is 11.8 Å². The minimum Gasteiger partial charge on any atom is -0.476 e. The van der Waals surface area contributed by atoms with Crippen LogP contribution in [0.1, 0.15) is 17.4 Å². The number of anilines is 1. The molecule has 0 aliphatic rings. The number of rotatable bonds is 2. The first-order valence-electron chi connectivity index (χ1n) is 3.21. The van der Waals surface area contributed by atoms with Crippen molar-refractivity contribution in [1.29, 1.82) is 0 Å². The third-order valence-corrected chi connectivity index (χ3v) is 1.33. The Morgan fingerprint density at radius 3 is 2.82 bits per heavy atom. The lowest BCUT2D eigenvalue weighted by molar-refractivity contribution is 0.0689. The van der Waals surface area contributed by atoms with Gasteiger partial charge in [-0.15, -0.1) is 0 Å². The Kier molecular flexibility index (Phi) is 1.80. The molecular formula is C6H9N3O2. The quantitative estimate of drug-likeness (QED) is 0.638. The normalized spacial score (nSPS) is 9.91. The molecule has 1 rings (SSSR count). The Bertz CT molecular complexity index is 279. The number of hydrogen-bond acceptors (Lipinski definition) is 3. The second-order valence-electron chi connectivity index (χ2n) is 2.08. The first-order chi connectivity index (χ1) is 5.15. The molecule has 0 aliphatic heterocycles. The summed E-state index contributed by atoms with van der Waals surface area (Å²) in [5.41, 5.74) is 5.42. The summed E-state index contributed by atoms with van der Waals surface area (Å²) in [5.74, 6) is -0.672. The third-order valence-electron chi connectivity index (χ3n) is 1.33. The molecule has 0 saturated carbocycles. The van der Waals surface area contributed by atoms with Crippen molar-refractivity contribution in [3.63, 3.8) is 0 Å². The maximum atomic E-state index is 10.4. The summed E-state index contributed by atoms with van der Waals surface area (Å²) in [6.45, 7) is 2.42. The standard InChI is InChI=1S/C6H9N3O2/c1-2-9-5(7)3-4(8-9)6(10)11/h3H,2,7H2,1H3,(H,10,11). The first-order valence-corrected chi connectivity index (χ1v) is 3.21. The molecule has 1 aromatic rings. The summed E-state index contributed by atoms with van der Waals surface area (Å²) in [6.07, 6.45) is 0. The van der Waals surface area contributed by atoms with Crippen molar-refractivity contribution in [1.82, 2.24) is 9.78 Å². The van der Waals surface area contributed by atoms with Gasteiger partial charge in [0.05, 0.1) is 0 Å². The van der Waals surface area contributed by atoms with Gasteiger partial charge >= 0.3 is 5.97 Å². The molecule has 0 spiro atoms. The minimum absolute atomic E-state index is 0.00986. The molecule has 0 unspecified atom stereocenters. The van der Waals surface area contributed by atoms with Gasteiger partial charge in [-0.2, -0.15) is 5.10 Å². The molecular weight excluding hydrogens is 146 g/mol. The number of nitrogen functional groups attached to an aromatic ring is 1. The second kappa shape index (κ2) is 2.61. The molecule has 0 aromatic carbocycles. The van der Waals surface area contributed by atoms with Gasteiger partial charge in [0.15, 0.2) is 5.69 Å². The number of carbonyl (C=O) groups is 1. The molecule has 3 N–H and O–H groups in total. The summed E-state index contributed by atoms with van der Waals surface area (Å²) >= 11 is 0. The lowest BCUT2D eigenvalue weighted by Crippen LogP contribution is -2.03. The first kappa shape index (κ1) is 7.59. The fraction of sp³-hybridized carbons (Fsp3) is 0.333. The van der Waals surface area contributed by atoms with E-state index >= 15 is 0 Å². The number of carboxylic acid groups (broad SMARTS) is 1. The summed E-state index contributed by atoms with van der Waals surface area (Å²) in [5, 5.41) is 12.2. The average Bonchev–Trinajstić information content (AvgIpc) is 2.31. The van der Waals surface area contributed by atoms with E-state index in [1.54, 1.807) is 0 Å². The number of nitrogens with zero attached hydrogens (tertiary/aromatic N) is 2. The van der Waals surface area contributed by atoms with Crippen molar-refractivity contribution in [3.05, 3.63) is 11.8 Å². The lowest BCUT2D eigenvalue weighted by atomic mass is 10.4. The monoisotopic (exact) mass is 155 g/mol. The van der Waals surface area contributed by atoms with Crippen LogP contribution in [0.5, 0.6) is 0 Å². The van der Waals surface area contributed by atoms with Crippen molar-refractivity contribution in [3.8, 4) is 0 Å². The number of aryl methyl sites for hydroxylation is 1. The molecule has 5 heteroatoms. The van der Waals surface area contributed by atoms with Crippen LogP contribution in [0.15, 0.2) is 6.07 Å². The van der Waals surface area contributed by atoms with Crippen LogP contribution in [-0.4, -0.2) is 20.9 Å². The zero-order valence-electron chi connectivity index (χ0n) is 6.11. The molecule has 1 aromatic heterocycles. The zero-order chi connectivity index (χ0) is 8.43. The Morgan fingerprint density at radius 2 is 2.55 bits per heavy atom. The van der Waals surface area contributed by atoms with Crippen LogP contribution < -0.4 is 5.73 Å². The van der Waals surface area contributed by atoms with E-state index in [0.717, 1.165) is 0 Å². The van der Waals surface area contributed by atoms with Gasteiger partial charge < -0.3 is 10.8 Å². The molecule has 11 heavy (non-hydrogen) atoms. The van der Waals surface area contributed by atoms with Gasteiger partial charge in [0, 0.05) is 12.6 Å². The van der Waals surface area contributed by atoms with E-state index in [1.165, 1.54) is 10.7 Å². The predicted octanol–water partition coefficient (Wildman–Crippen LogP) is 0.183. The van der Waals surface area contributed by atoms with Crippen LogP contribution >= 0.6 is 0 Å². The van der Waals surface area contributed by atoms with Crippen LogP contribution in [0.25, 0.3) is 0 Å². The van der Waals surface area contributed by atoms with Gasteiger partial charge in [-0.25, -0.2) is 9.48 Å². The zero-order valence-corrected chi connectivity index (χ0v) is 6.11. The van der Waals surface area contributed by atoms with E-state index in [2.05, 4.69) is 5.10 Å². The number of nitrogens with two attached hydrogens (primary N) is 1. The maximum Gasteiger partial charge on any atom is 0.356 e. The van der Waals surface area contributed by atoms with Crippen LogP contribution in [0.3, 0.4) is 0 Å². The van der Waals surface area contributed by atoms with Crippen molar-refractivity contribution in [2.75, 3.05) is 5.73 Å². The topological polar surface area (TPSA) is 81.1 Å². The van der Waals surface area contributed by atoms with Crippen LogP contribution in [0.4, 0.5) is 5.82 Å². The Labute approximate surface area is 63.4 Å². The highest BCUT2D eigenvalue weighted by Crippen LogP contribution is 2.05. The second-order valence-corrected chi connectivity index (χ2v) is 2.08. The van der Waals surface area contributed by atoms with E-state index < -0.39 is 5.97 Å². The molecule has 0 bridgehead atoms. The summed E-state index contributed by atoms with van der Waals surface area (Å²) in [4.78, 5) is 10.4. The molecule has 0 amide bonds. The molecule has 0 saturated heterocycles. The number of hydrogen-bond donors (Lipinski definition) is 2. The highest BCUT2D eigenvalue weighted by atomic mass is 16.4. The fourth-order valence-electron chi connectivity index (χ4n) is 0.789. The largest absolute Gasteiger partial charge is 0.476 e. The lowest BCUT2D eigenvalue weighted by Gasteiger charge is -1.95. The van der Waals surface area contributed by atoms with Gasteiger partial charge in [0.25, 0.3) is 0 Å². The van der Waals surface area contributed by atoms with E-state index in [4.69, 9.17) is 10.8 Å². The highest BCUT2D eigenvalue weighted by Gasteiger charge is 2.09. The van der Waals surface area contributed by atoms with Gasteiger partial charge in [-0.05, 0) is 6.92 Å². The van der Waals surface area contributed by atoms with Crippen molar-refractivity contribution < 1.29 is 9.90 Å². The van der Waals surface area contributed by atoms with Gasteiger partial charge in [0.2, 0.25) is 0 Å². The molecule has 5 nitrogen and oxygen atoms in total. The van der Waals surface area contributed by atoms with Crippen molar-refractivity contribution in [2.24, 2.45) is 0 Å². The molecule has 0 radical (unpaired) electrons. The van der Waals surface area contributed by atoms with Gasteiger partial charge in [-0.1, -0.05) is 0 Å². The Morgan fingerprint density at radius 1 is 1.91 bits per heavy atom. The Balaban J connectivity index is 3.05. The summed E-state index contributed by atoms with van der Waals surface area (Å²) in [7, 11) is 0. The molecule has 0 atom stereocenters. The predicted molar refractivity (Wildman–Crippen MR) is 39.3 cm³/mol. The van der Waals surface area contributed by atoms with Crippen LogP contribution in [0.2, 0.25) is 0 Å². The van der Waals surface area contributed by atoms with Crippen LogP contribution in [-0.2, 0) is 6.54 Å². The van der Waals surface area contributed by atoms with E-state index in [1.807, 2.05) is 6.92 Å². The average molecular weight is 155 g/mol. The number of aromatic carboxylic acids is 1. The SMILES string of the molecule is CCn1nc(C(=O)O)cc1N. The molecule has 0 fully saturated rings. The fourth-order valence-corrected chi connectivity index (χ4v) is 0.789. The molecule has 0 aliphatic carbocycles. The van der Waals surface area contributed by atoms with Crippen LogP contribution in [0, 0.1) is 0 Å². The summed E-state index contributed by atoms with van der Waals surface area (Å²) < 4.78 is 1.43. The maximum absolute atomic E-state index is 10.4. The smallest absolute Gasteiger partial charge is 0.356 e. The number of carboxylic acids is 1.